The lowest BCUT2D eigenvalue weighted by Gasteiger charge is -2.10. The molecule has 0 spiro atoms. The van der Waals surface area contributed by atoms with Gasteiger partial charge in [-0.05, 0) is 50.1 Å². The van der Waals surface area contributed by atoms with E-state index in [-0.39, 0.29) is 5.78 Å². The zero-order valence-electron chi connectivity index (χ0n) is 10.2. The largest absolute Gasteiger partial charge is 0.493 e. The Morgan fingerprint density at radius 1 is 1.11 bits per heavy atom. The molecule has 4 nitrogen and oxygen atoms in total. The van der Waals surface area contributed by atoms with Crippen molar-refractivity contribution >= 4 is 37.6 Å². The Morgan fingerprint density at radius 2 is 1.74 bits per heavy atom. The van der Waals surface area contributed by atoms with E-state index < -0.39 is 0 Å². The molecule has 0 radical (unpaired) electrons. The Balaban J connectivity index is 2.51. The molecule has 19 heavy (non-hydrogen) atoms. The van der Waals surface area contributed by atoms with Crippen molar-refractivity contribution in [3.8, 4) is 11.5 Å². The number of methoxy groups -OCH3 is 2. The molecule has 0 aliphatic rings. The Hall–Kier alpha value is -1.27. The number of carbonyl (C=O) groups is 1. The maximum absolute atomic E-state index is 12.4. The Labute approximate surface area is 127 Å². The van der Waals surface area contributed by atoms with Crippen molar-refractivity contribution < 1.29 is 18.7 Å². The molecule has 0 saturated carbocycles. The minimum atomic E-state index is -0.173. The van der Waals surface area contributed by atoms with Crippen molar-refractivity contribution in [3.05, 3.63) is 44.7 Å². The van der Waals surface area contributed by atoms with Crippen LogP contribution in [-0.2, 0) is 0 Å². The quantitative estimate of drug-likeness (QED) is 0.740. The van der Waals surface area contributed by atoms with Crippen LogP contribution in [-0.4, -0.2) is 20.0 Å². The molecule has 0 saturated heterocycles. The fraction of sp³-hybridized carbons (Fsp3) is 0.154. The summed E-state index contributed by atoms with van der Waals surface area (Å²) in [7, 11) is 3.06. The van der Waals surface area contributed by atoms with Crippen LogP contribution >= 0.6 is 31.9 Å². The zero-order chi connectivity index (χ0) is 14.0. The molecular weight excluding hydrogens is 380 g/mol. The van der Waals surface area contributed by atoms with Crippen molar-refractivity contribution in [2.24, 2.45) is 0 Å². The van der Waals surface area contributed by atoms with E-state index in [4.69, 9.17) is 13.9 Å². The van der Waals surface area contributed by atoms with E-state index in [1.165, 1.54) is 13.4 Å². The molecule has 1 heterocycles. The monoisotopic (exact) mass is 388 g/mol. The van der Waals surface area contributed by atoms with E-state index in [2.05, 4.69) is 31.9 Å². The highest BCUT2D eigenvalue weighted by molar-refractivity contribution is 9.10. The van der Waals surface area contributed by atoms with Crippen LogP contribution in [0.15, 0.2) is 38.0 Å². The third-order valence-electron chi connectivity index (χ3n) is 2.58. The van der Waals surface area contributed by atoms with Crippen LogP contribution in [0.3, 0.4) is 0 Å². The summed E-state index contributed by atoms with van der Waals surface area (Å²) in [5.74, 6) is 0.874. The molecule has 0 aliphatic heterocycles. The minimum Gasteiger partial charge on any atom is -0.493 e. The van der Waals surface area contributed by atoms with Gasteiger partial charge >= 0.3 is 0 Å². The van der Waals surface area contributed by atoms with Gasteiger partial charge in [-0.15, -0.1) is 0 Å². The summed E-state index contributed by atoms with van der Waals surface area (Å²) in [5, 5.41) is 0. The number of ketones is 1. The van der Waals surface area contributed by atoms with Crippen LogP contribution in [0.4, 0.5) is 0 Å². The SMILES string of the molecule is COc1cc(Br)c(C(=O)c2ccoc2Br)cc1OC. The molecule has 0 aliphatic carbocycles. The van der Waals surface area contributed by atoms with Crippen molar-refractivity contribution in [1.29, 1.82) is 0 Å². The van der Waals surface area contributed by atoms with Gasteiger partial charge in [0, 0.05) is 10.0 Å². The highest BCUT2D eigenvalue weighted by Gasteiger charge is 2.20. The molecule has 0 fully saturated rings. The lowest BCUT2D eigenvalue weighted by Crippen LogP contribution is -2.03. The van der Waals surface area contributed by atoms with Gasteiger partial charge in [-0.2, -0.15) is 0 Å². The number of halogens is 2. The molecule has 0 atom stereocenters. The van der Waals surface area contributed by atoms with Gasteiger partial charge in [-0.1, -0.05) is 0 Å². The summed E-state index contributed by atoms with van der Waals surface area (Å²) in [6.07, 6.45) is 1.45. The first-order valence-corrected chi connectivity index (χ1v) is 6.86. The third-order valence-corrected chi connectivity index (χ3v) is 3.85. The second-order valence-electron chi connectivity index (χ2n) is 3.62. The van der Waals surface area contributed by atoms with E-state index in [0.29, 0.717) is 31.8 Å². The van der Waals surface area contributed by atoms with Gasteiger partial charge in [-0.25, -0.2) is 0 Å². The third kappa shape index (κ3) is 2.69. The molecule has 0 N–H and O–H groups in total. The van der Waals surface area contributed by atoms with Crippen LogP contribution in [0.5, 0.6) is 11.5 Å². The van der Waals surface area contributed by atoms with Crippen molar-refractivity contribution in [2.75, 3.05) is 14.2 Å². The maximum Gasteiger partial charge on any atom is 0.198 e. The van der Waals surface area contributed by atoms with E-state index in [0.717, 1.165) is 0 Å². The molecule has 0 amide bonds. The van der Waals surface area contributed by atoms with E-state index in [1.807, 2.05) is 0 Å². The second-order valence-corrected chi connectivity index (χ2v) is 5.20. The molecule has 2 aromatic rings. The molecule has 0 bridgehead atoms. The van der Waals surface area contributed by atoms with E-state index in [9.17, 15) is 4.79 Å². The standard InChI is InChI=1S/C13H10Br2O4/c1-17-10-5-8(9(14)6-11(10)18-2)12(16)7-3-4-19-13(7)15/h3-6H,1-2H3. The summed E-state index contributed by atoms with van der Waals surface area (Å²) in [6, 6.07) is 4.93. The first kappa shape index (κ1) is 14.1. The highest BCUT2D eigenvalue weighted by atomic mass is 79.9. The molecule has 100 valence electrons. The second kappa shape index (κ2) is 5.79. The van der Waals surface area contributed by atoms with E-state index >= 15 is 0 Å². The van der Waals surface area contributed by atoms with Gasteiger partial charge in [0.1, 0.15) is 0 Å². The van der Waals surface area contributed by atoms with Gasteiger partial charge in [0.05, 0.1) is 26.0 Å². The van der Waals surface area contributed by atoms with Gasteiger partial charge in [0.15, 0.2) is 22.0 Å². The average Bonchev–Trinajstić information content (AvgIpc) is 2.83. The number of hydrogen-bond acceptors (Lipinski definition) is 4. The van der Waals surface area contributed by atoms with Gasteiger partial charge in [0.2, 0.25) is 0 Å². The number of ether oxygens (including phenoxy) is 2. The Morgan fingerprint density at radius 3 is 2.26 bits per heavy atom. The average molecular weight is 390 g/mol. The lowest BCUT2D eigenvalue weighted by molar-refractivity contribution is 0.103. The summed E-state index contributed by atoms with van der Waals surface area (Å²) >= 11 is 6.55. The number of hydrogen-bond donors (Lipinski definition) is 0. The molecule has 2 rings (SSSR count). The van der Waals surface area contributed by atoms with Crippen molar-refractivity contribution in [2.45, 2.75) is 0 Å². The first-order valence-electron chi connectivity index (χ1n) is 5.27. The van der Waals surface area contributed by atoms with Crippen LogP contribution in [0.1, 0.15) is 15.9 Å². The number of furan rings is 1. The lowest BCUT2D eigenvalue weighted by atomic mass is 10.1. The predicted molar refractivity (Wildman–Crippen MR) is 77.1 cm³/mol. The van der Waals surface area contributed by atoms with Crippen molar-refractivity contribution in [1.82, 2.24) is 0 Å². The Kier molecular flexibility index (Phi) is 4.31. The normalized spacial score (nSPS) is 10.3. The first-order chi connectivity index (χ1) is 9.08. The zero-order valence-corrected chi connectivity index (χ0v) is 13.4. The fourth-order valence-electron chi connectivity index (χ4n) is 1.63. The smallest absolute Gasteiger partial charge is 0.198 e. The number of benzene rings is 1. The van der Waals surface area contributed by atoms with Crippen LogP contribution in [0, 0.1) is 0 Å². The van der Waals surface area contributed by atoms with Crippen LogP contribution in [0.25, 0.3) is 0 Å². The topological polar surface area (TPSA) is 48.7 Å². The van der Waals surface area contributed by atoms with E-state index in [1.54, 1.807) is 25.3 Å². The van der Waals surface area contributed by atoms with Gasteiger partial charge < -0.3 is 13.9 Å². The summed E-state index contributed by atoms with van der Waals surface area (Å²) in [5.41, 5.74) is 0.924. The summed E-state index contributed by atoms with van der Waals surface area (Å²) in [6.45, 7) is 0. The Bertz CT molecular complexity index is 619. The van der Waals surface area contributed by atoms with Gasteiger partial charge in [0.25, 0.3) is 0 Å². The maximum atomic E-state index is 12.4. The molecular formula is C13H10Br2O4. The minimum absolute atomic E-state index is 0.173. The van der Waals surface area contributed by atoms with Crippen LogP contribution in [0.2, 0.25) is 0 Å². The summed E-state index contributed by atoms with van der Waals surface area (Å²) < 4.78 is 16.5. The van der Waals surface area contributed by atoms with Crippen LogP contribution < -0.4 is 9.47 Å². The highest BCUT2D eigenvalue weighted by Crippen LogP contribution is 2.35. The number of carbonyl (C=O) groups excluding carboxylic acids is 1. The molecule has 0 unspecified atom stereocenters. The summed E-state index contributed by atoms with van der Waals surface area (Å²) in [4.78, 5) is 12.4. The fourth-order valence-corrected chi connectivity index (χ4v) is 2.55. The van der Waals surface area contributed by atoms with Gasteiger partial charge in [-0.3, -0.25) is 4.79 Å². The molecule has 6 heteroatoms. The molecule has 1 aromatic carbocycles. The predicted octanol–water partition coefficient (Wildman–Crippen LogP) is 4.05. The number of rotatable bonds is 4. The van der Waals surface area contributed by atoms with Crippen molar-refractivity contribution in [3.63, 3.8) is 0 Å². The molecule has 1 aromatic heterocycles.